The van der Waals surface area contributed by atoms with E-state index in [0.717, 1.165) is 83.1 Å². The fourth-order valence-electron chi connectivity index (χ4n) is 17.2. The van der Waals surface area contributed by atoms with E-state index in [9.17, 15) is 62.3 Å². The Labute approximate surface area is 711 Å². The molecule has 4 aliphatic heterocycles. The zero-order valence-corrected chi connectivity index (χ0v) is 72.6. The number of aromatic hydroxyl groups is 1. The van der Waals surface area contributed by atoms with Crippen molar-refractivity contribution in [1.29, 1.82) is 0 Å². The van der Waals surface area contributed by atoms with E-state index in [1.807, 2.05) is 34.0 Å². The lowest BCUT2D eigenvalue weighted by Gasteiger charge is -2.44. The Morgan fingerprint density at radius 1 is 0.631 bits per heavy atom. The molecular weight excluding hydrogens is 1640 g/mol. The van der Waals surface area contributed by atoms with Crippen LogP contribution in [0.25, 0.3) is 38.5 Å². The number of carbonyl (C=O) groups excluding carboxylic acids is 4. The number of phenolic OH excluding ortho intramolecular Hbond substituents is 1. The van der Waals surface area contributed by atoms with Gasteiger partial charge < -0.3 is 53.3 Å². The molecule has 0 aliphatic carbocycles. The number of amides is 2. The Morgan fingerprint density at radius 3 is 2.01 bits per heavy atom. The van der Waals surface area contributed by atoms with Gasteiger partial charge in [0.25, 0.3) is 32.1 Å². The van der Waals surface area contributed by atoms with Crippen LogP contribution in [0.5, 0.6) is 17.2 Å². The predicted octanol–water partition coefficient (Wildman–Crippen LogP) is 9.69. The van der Waals surface area contributed by atoms with Crippen molar-refractivity contribution in [3.8, 4) is 17.2 Å². The number of aromatic nitrogens is 4. The minimum atomic E-state index is -4.68. The molecule has 2 amide bonds. The molecule has 13 rings (SSSR count). The minimum Gasteiger partial charge on any atom is -0.508 e. The second kappa shape index (κ2) is 38.0. The number of primary sulfonamides is 2. The van der Waals surface area contributed by atoms with Crippen LogP contribution in [0.2, 0.25) is 0 Å². The lowest BCUT2D eigenvalue weighted by molar-refractivity contribution is -0.120. The zero-order valence-electron chi connectivity index (χ0n) is 69.3. The van der Waals surface area contributed by atoms with Crippen LogP contribution in [-0.4, -0.2) is 196 Å². The van der Waals surface area contributed by atoms with E-state index in [4.69, 9.17) is 34.2 Å². The van der Waals surface area contributed by atoms with E-state index in [1.54, 1.807) is 114 Å². The van der Waals surface area contributed by atoms with Crippen LogP contribution in [0.1, 0.15) is 182 Å². The van der Waals surface area contributed by atoms with Crippen LogP contribution in [0.3, 0.4) is 0 Å². The van der Waals surface area contributed by atoms with Crippen LogP contribution < -0.4 is 40.4 Å². The second-order valence-electron chi connectivity index (χ2n) is 33.0. The SMILES string of the molecule is CN(CCCC(=O)CCCOCCOCCOCCCC(=O)CCCCn1ccnc1Cn1ccc2ccc(CCCc3[nH]c4ccccc4c3C3NC(=O)c4ccc(O)cc43)cc21)C(=O)c1ccccc1C1=c2cc3c(cc2Oc2cc4c(cc21)C(CS(=O)(=O)O)=CC(C)(C)N4CCCS(N)(=O)=O)=[N+](CCCS(N)(=O)=O)C(C)(C)C=C3CS(=O)(=O)O. The number of sulfonamides is 2. The van der Waals surface area contributed by atoms with E-state index in [2.05, 4.69) is 62.0 Å². The van der Waals surface area contributed by atoms with Gasteiger partial charge in [0, 0.05) is 177 Å². The molecule has 0 bridgehead atoms. The summed E-state index contributed by atoms with van der Waals surface area (Å²) in [6, 6.07) is 34.9. The molecule has 9 aromatic rings. The Morgan fingerprint density at radius 2 is 1.30 bits per heavy atom. The number of nitrogens with zero attached hydrogens (tertiary/aromatic N) is 6. The maximum absolute atomic E-state index is 15.0. The number of nitrogens with one attached hydrogen (secondary N) is 2. The van der Waals surface area contributed by atoms with Gasteiger partial charge in [0.2, 0.25) is 25.4 Å². The van der Waals surface area contributed by atoms with Crippen LogP contribution in [0.4, 0.5) is 5.69 Å². The first-order valence-corrected chi connectivity index (χ1v) is 47.8. The summed E-state index contributed by atoms with van der Waals surface area (Å²) in [6.07, 6.45) is 16.2. The predicted molar refractivity (Wildman–Crippen MR) is 468 cm³/mol. The summed E-state index contributed by atoms with van der Waals surface area (Å²) in [6.45, 7) is 11.1. The van der Waals surface area contributed by atoms with Gasteiger partial charge in [-0.2, -0.15) is 16.8 Å². The Balaban J connectivity index is 0.547. The molecule has 7 heterocycles. The molecule has 650 valence electrons. The first-order valence-electron chi connectivity index (χ1n) is 41.2. The summed E-state index contributed by atoms with van der Waals surface area (Å²) in [7, 11) is -15.6. The van der Waals surface area contributed by atoms with Crippen molar-refractivity contribution in [3.63, 3.8) is 0 Å². The van der Waals surface area contributed by atoms with Gasteiger partial charge in [0.1, 0.15) is 52.7 Å². The number of nitrogens with two attached hydrogens (primary N) is 2. The molecular formula is C89H107N10O19S4+. The Kier molecular flexibility index (Phi) is 27.9. The molecule has 0 saturated heterocycles. The van der Waals surface area contributed by atoms with E-state index in [-0.39, 0.29) is 114 Å². The third-order valence-corrected chi connectivity index (χ3v) is 25.9. The van der Waals surface area contributed by atoms with Crippen LogP contribution in [-0.2, 0) is 90.0 Å². The number of rotatable bonds is 44. The molecule has 0 fully saturated rings. The molecule has 1 unspecified atom stereocenters. The van der Waals surface area contributed by atoms with Crippen molar-refractivity contribution in [2.45, 2.75) is 148 Å². The van der Waals surface area contributed by atoms with Gasteiger partial charge in [-0.1, -0.05) is 54.6 Å². The molecule has 0 spiro atoms. The number of hydrogen-bond acceptors (Lipinski definition) is 19. The summed E-state index contributed by atoms with van der Waals surface area (Å²) < 4.78 is 151. The summed E-state index contributed by atoms with van der Waals surface area (Å²) in [5.41, 5.74) is 7.59. The topological polar surface area (TPSA) is 415 Å². The van der Waals surface area contributed by atoms with Crippen molar-refractivity contribution in [2.75, 3.05) is 94.2 Å². The fraction of sp³-hybridized carbons (Fsp3) is 0.416. The van der Waals surface area contributed by atoms with E-state index in [1.165, 1.54) is 10.5 Å². The number of para-hydroxylation sites is 1. The van der Waals surface area contributed by atoms with Gasteiger partial charge in [0.05, 0.1) is 67.7 Å². The van der Waals surface area contributed by atoms with Crippen molar-refractivity contribution in [3.05, 3.63) is 218 Å². The number of ketones is 2. The molecule has 33 heteroatoms. The number of hydrogen-bond donors (Lipinski definition) is 7. The number of H-pyrrole nitrogens is 1. The third-order valence-electron chi connectivity index (χ3n) is 22.9. The average Bonchev–Trinajstić information content (AvgIpc) is 0.960. The number of carbonyl (C=O) groups is 4. The molecule has 4 aliphatic rings. The molecule has 0 radical (unpaired) electrons. The quantitative estimate of drug-likeness (QED) is 0.0106. The number of imidazole rings is 1. The highest BCUT2D eigenvalue weighted by atomic mass is 32.2. The monoisotopic (exact) mass is 1750 g/mol. The summed E-state index contributed by atoms with van der Waals surface area (Å²) >= 11 is 0. The van der Waals surface area contributed by atoms with Crippen molar-refractivity contribution >= 4 is 108 Å². The van der Waals surface area contributed by atoms with Gasteiger partial charge in [-0.15, -0.1) is 0 Å². The van der Waals surface area contributed by atoms with Gasteiger partial charge in [-0.25, -0.2) is 36.7 Å². The number of Topliss-reactive ketones (excluding diaryl/α,β-unsaturated/α-hetero) is 2. The summed E-state index contributed by atoms with van der Waals surface area (Å²) in [4.78, 5) is 65.9. The first-order chi connectivity index (χ1) is 57.9. The summed E-state index contributed by atoms with van der Waals surface area (Å²) in [5, 5.41) is 27.4. The largest absolute Gasteiger partial charge is 0.508 e. The molecule has 3 aromatic heterocycles. The minimum absolute atomic E-state index is 0.0164. The highest BCUT2D eigenvalue weighted by Gasteiger charge is 2.41. The highest BCUT2D eigenvalue weighted by Crippen LogP contribution is 2.48. The number of aryl methyl sites for hydroxylation is 3. The van der Waals surface area contributed by atoms with Crippen LogP contribution in [0.15, 0.2) is 146 Å². The van der Waals surface area contributed by atoms with E-state index < -0.39 is 68.8 Å². The van der Waals surface area contributed by atoms with Crippen LogP contribution >= 0.6 is 0 Å². The molecule has 122 heavy (non-hydrogen) atoms. The lowest BCUT2D eigenvalue weighted by Crippen LogP contribution is -2.50. The van der Waals surface area contributed by atoms with Gasteiger partial charge in [0.15, 0.2) is 5.54 Å². The average molecular weight is 1750 g/mol. The smallest absolute Gasteiger partial charge is 0.269 e. The van der Waals surface area contributed by atoms with Gasteiger partial charge in [-0.05, 0) is 166 Å². The van der Waals surface area contributed by atoms with Crippen LogP contribution in [0, 0.1) is 0 Å². The van der Waals surface area contributed by atoms with Gasteiger partial charge in [-0.3, -0.25) is 28.3 Å². The molecule has 0 saturated carbocycles. The number of fused-ring (bicyclic) bond motifs is 7. The van der Waals surface area contributed by atoms with Crippen molar-refractivity contribution < 1.29 is 86.0 Å². The number of ether oxygens (including phenoxy) is 4. The Bertz CT molecular complexity index is 6190. The number of unbranched alkanes of at least 4 members (excludes halogenated alkanes) is 1. The first kappa shape index (κ1) is 89.7. The number of aromatic amines is 1. The number of benzene rings is 6. The number of phenols is 1. The maximum Gasteiger partial charge on any atom is 0.269 e. The highest BCUT2D eigenvalue weighted by molar-refractivity contribution is 7.89. The van der Waals surface area contributed by atoms with E-state index >= 15 is 4.79 Å². The molecule has 6 aromatic carbocycles. The number of anilines is 1. The van der Waals surface area contributed by atoms with E-state index in [0.29, 0.717) is 128 Å². The van der Waals surface area contributed by atoms with Crippen molar-refractivity contribution in [1.82, 2.24) is 33.9 Å². The lowest BCUT2D eigenvalue weighted by atomic mass is 9.83. The fourth-order valence-corrected chi connectivity index (χ4v) is 19.6. The normalized spacial score (nSPS) is 15.5. The molecule has 1 atom stereocenters. The molecule has 29 nitrogen and oxygen atoms in total. The zero-order chi connectivity index (χ0) is 87.1. The summed E-state index contributed by atoms with van der Waals surface area (Å²) in [5.74, 6) is -1.29. The van der Waals surface area contributed by atoms with Crippen molar-refractivity contribution in [2.24, 2.45) is 10.3 Å². The Hall–Kier alpha value is -10.0. The standard InChI is InChI=1S/C89H106N10O19S4/c1-88(2)54-61(57-121(109,110)111)70-50-73-80(52-78(70)98(88)36-16-46-119(90,105)106)118-81-53-79-71(62(58-122(112,113)114)55-89(3,4)99(79)37-17-47-120(91,107)108)51-74(81)83(73)66-23-6-7-24-68(66)87(104)95(5)34-13-20-64(101)22-15-41-116-43-45-117-44-42-115-40-14-21-63(100)19-10-11-35-96-39-33-92-82(96)56-97-38-32-60-29-28-59(48-77(60)97)18-12-27-76-84(69-25-8-9-26-75(69)93-76)85-72-49-65(102)30-31-67(72)86(103)94-85/h6-9,23-26,28-33,38-39,48-55,85,93H,10-22,27,34-37,40-47,56-58H2,1-5H3,(H7-,90,91,94,102,103,105,106,107,108,109,110,111,112,113,114)/p+1. The molecule has 9 N–H and O–H groups in total. The maximum atomic E-state index is 15.0. The second-order valence-corrected chi connectivity index (χ2v) is 39.3. The van der Waals surface area contributed by atoms with Gasteiger partial charge >= 0.3 is 0 Å². The third kappa shape index (κ3) is 22.3.